The molecule has 5 rings (SSSR count). The number of pyridine rings is 1. The molecule has 0 aliphatic carbocycles. The van der Waals surface area contributed by atoms with Crippen molar-refractivity contribution in [2.24, 2.45) is 0 Å². The monoisotopic (exact) mass is 388 g/mol. The number of fused-ring (bicyclic) bond motifs is 1. The van der Waals surface area contributed by atoms with E-state index in [1.54, 1.807) is 17.3 Å². The zero-order valence-electron chi connectivity index (χ0n) is 15.8. The van der Waals surface area contributed by atoms with Crippen LogP contribution in [-0.4, -0.2) is 89.7 Å². The van der Waals surface area contributed by atoms with Crippen molar-refractivity contribution in [3.63, 3.8) is 0 Å². The number of rotatable bonds is 3. The number of amides is 1. The number of hydrogen-bond acceptors (Lipinski definition) is 7. The summed E-state index contributed by atoms with van der Waals surface area (Å²) in [6.45, 7) is 5.08. The minimum absolute atomic E-state index is 0.0568. The summed E-state index contributed by atoms with van der Waals surface area (Å²) in [5.41, 5.74) is 1.53. The highest BCUT2D eigenvalue weighted by Gasteiger charge is 2.38. The van der Waals surface area contributed by atoms with Gasteiger partial charge in [-0.25, -0.2) is 4.39 Å². The molecule has 28 heavy (non-hydrogen) atoms. The Morgan fingerprint density at radius 1 is 1.25 bits per heavy atom. The number of oxazole rings is 1. The average molecular weight is 388 g/mol. The van der Waals surface area contributed by atoms with Crippen LogP contribution in [0.25, 0.3) is 11.1 Å². The fraction of sp³-hybridized carbons (Fsp3) is 0.632. The fourth-order valence-corrected chi connectivity index (χ4v) is 4.50. The van der Waals surface area contributed by atoms with Crippen LogP contribution in [0.1, 0.15) is 12.8 Å². The molecule has 0 bridgehead atoms. The number of nitrogens with zero attached hydrogens (tertiary/aromatic N) is 5. The summed E-state index contributed by atoms with van der Waals surface area (Å²) in [7, 11) is 0. The Bertz CT molecular complexity index is 819. The van der Waals surface area contributed by atoms with Crippen LogP contribution in [0.15, 0.2) is 22.9 Å². The maximum Gasteiger partial charge on any atom is 0.298 e. The topological polar surface area (TPSA) is 77.7 Å². The van der Waals surface area contributed by atoms with Gasteiger partial charge < -0.3 is 19.5 Å². The van der Waals surface area contributed by atoms with E-state index in [-0.39, 0.29) is 18.5 Å². The SMILES string of the molecule is O=C([C@@H]1C[C@H](N2CCN(c3nc4ccncc4o3)CC2)CN1)N1CCC(F)C1. The molecule has 3 saturated heterocycles. The van der Waals surface area contributed by atoms with E-state index in [0.717, 1.165) is 44.7 Å². The van der Waals surface area contributed by atoms with Gasteiger partial charge in [-0.05, 0) is 18.9 Å². The van der Waals surface area contributed by atoms with Crippen LogP contribution < -0.4 is 10.2 Å². The second-order valence-electron chi connectivity index (χ2n) is 7.88. The molecule has 3 aliphatic rings. The number of alkyl halides is 1. The third-order valence-corrected chi connectivity index (χ3v) is 6.13. The Hall–Kier alpha value is -2.26. The number of piperazine rings is 1. The highest BCUT2D eigenvalue weighted by molar-refractivity contribution is 5.82. The second-order valence-corrected chi connectivity index (χ2v) is 7.88. The maximum atomic E-state index is 13.4. The fourth-order valence-electron chi connectivity index (χ4n) is 4.50. The summed E-state index contributed by atoms with van der Waals surface area (Å²) >= 11 is 0. The van der Waals surface area contributed by atoms with Crippen molar-refractivity contribution in [3.05, 3.63) is 18.5 Å². The van der Waals surface area contributed by atoms with Crippen LogP contribution in [0.5, 0.6) is 0 Å². The predicted octanol–water partition coefficient (Wildman–Crippen LogP) is 0.646. The van der Waals surface area contributed by atoms with Crippen LogP contribution in [-0.2, 0) is 4.79 Å². The second kappa shape index (κ2) is 7.29. The number of carbonyl (C=O) groups is 1. The number of hydrogen-bond donors (Lipinski definition) is 1. The van der Waals surface area contributed by atoms with Crippen molar-refractivity contribution in [2.75, 3.05) is 50.7 Å². The molecule has 9 heteroatoms. The van der Waals surface area contributed by atoms with Gasteiger partial charge in [0.2, 0.25) is 5.91 Å². The smallest absolute Gasteiger partial charge is 0.298 e. The molecule has 1 N–H and O–H groups in total. The van der Waals surface area contributed by atoms with Gasteiger partial charge in [-0.2, -0.15) is 4.98 Å². The quantitative estimate of drug-likeness (QED) is 0.827. The van der Waals surface area contributed by atoms with Gasteiger partial charge in [0.15, 0.2) is 5.58 Å². The lowest BCUT2D eigenvalue weighted by atomic mass is 10.1. The molecule has 150 valence electrons. The molecule has 0 saturated carbocycles. The van der Waals surface area contributed by atoms with Gasteiger partial charge in [-0.3, -0.25) is 14.7 Å². The van der Waals surface area contributed by atoms with Gasteiger partial charge in [0.25, 0.3) is 6.01 Å². The molecule has 0 spiro atoms. The molecule has 3 fully saturated rings. The molecule has 1 unspecified atom stereocenters. The summed E-state index contributed by atoms with van der Waals surface area (Å²) in [6.07, 6.45) is 3.80. The first-order valence-electron chi connectivity index (χ1n) is 10.0. The molecule has 5 heterocycles. The molecule has 3 aliphatic heterocycles. The first-order valence-corrected chi connectivity index (χ1v) is 10.0. The molecule has 0 aromatic carbocycles. The van der Waals surface area contributed by atoms with Crippen molar-refractivity contribution in [2.45, 2.75) is 31.1 Å². The van der Waals surface area contributed by atoms with E-state index < -0.39 is 6.17 Å². The van der Waals surface area contributed by atoms with E-state index in [4.69, 9.17) is 4.42 Å². The minimum atomic E-state index is -0.864. The van der Waals surface area contributed by atoms with E-state index in [9.17, 15) is 9.18 Å². The number of anilines is 1. The lowest BCUT2D eigenvalue weighted by Gasteiger charge is -2.37. The Kier molecular flexibility index (Phi) is 4.64. The zero-order chi connectivity index (χ0) is 19.1. The first-order chi connectivity index (χ1) is 13.7. The van der Waals surface area contributed by atoms with E-state index in [1.807, 2.05) is 6.07 Å². The van der Waals surface area contributed by atoms with Gasteiger partial charge in [-0.15, -0.1) is 0 Å². The van der Waals surface area contributed by atoms with E-state index in [1.165, 1.54) is 0 Å². The van der Waals surface area contributed by atoms with Gasteiger partial charge in [0.05, 0.1) is 18.8 Å². The van der Waals surface area contributed by atoms with Crippen LogP contribution >= 0.6 is 0 Å². The summed E-state index contributed by atoms with van der Waals surface area (Å²) in [5.74, 6) is 0.0568. The highest BCUT2D eigenvalue weighted by atomic mass is 19.1. The molecular formula is C19H25FN6O2. The summed E-state index contributed by atoms with van der Waals surface area (Å²) < 4.78 is 19.2. The number of nitrogens with one attached hydrogen (secondary N) is 1. The molecular weight excluding hydrogens is 363 g/mol. The van der Waals surface area contributed by atoms with E-state index in [2.05, 4.69) is 25.1 Å². The molecule has 2 aromatic heterocycles. The molecule has 1 amide bonds. The largest absolute Gasteiger partial charge is 0.422 e. The normalized spacial score (nSPS) is 29.1. The lowest BCUT2D eigenvalue weighted by molar-refractivity contribution is -0.132. The summed E-state index contributed by atoms with van der Waals surface area (Å²) in [6, 6.07) is 2.66. The van der Waals surface area contributed by atoms with E-state index >= 15 is 0 Å². The average Bonchev–Trinajstić information content (AvgIpc) is 3.46. The van der Waals surface area contributed by atoms with Crippen molar-refractivity contribution in [3.8, 4) is 0 Å². The van der Waals surface area contributed by atoms with Gasteiger partial charge >= 0.3 is 0 Å². The molecule has 3 atom stereocenters. The first kappa shape index (κ1) is 17.8. The Labute approximate surface area is 162 Å². The molecule has 2 aromatic rings. The van der Waals surface area contributed by atoms with Crippen molar-refractivity contribution in [1.82, 2.24) is 25.1 Å². The summed E-state index contributed by atoms with van der Waals surface area (Å²) in [5, 5.41) is 3.35. The maximum absolute atomic E-state index is 13.4. The number of likely N-dealkylation sites (tertiary alicyclic amines) is 1. The van der Waals surface area contributed by atoms with Crippen molar-refractivity contribution < 1.29 is 13.6 Å². The van der Waals surface area contributed by atoms with Crippen LogP contribution in [0.2, 0.25) is 0 Å². The van der Waals surface area contributed by atoms with Gasteiger partial charge in [0, 0.05) is 51.5 Å². The number of aromatic nitrogens is 2. The Morgan fingerprint density at radius 3 is 2.86 bits per heavy atom. The Morgan fingerprint density at radius 2 is 2.11 bits per heavy atom. The molecule has 8 nitrogen and oxygen atoms in total. The third-order valence-electron chi connectivity index (χ3n) is 6.13. The van der Waals surface area contributed by atoms with Crippen LogP contribution in [0.3, 0.4) is 0 Å². The third kappa shape index (κ3) is 3.33. The van der Waals surface area contributed by atoms with E-state index in [0.29, 0.717) is 30.6 Å². The standard InChI is InChI=1S/C19H25FN6O2/c20-13-2-4-26(12-13)18(27)16-9-14(10-22-16)24-5-7-25(8-6-24)19-23-15-1-3-21-11-17(15)28-19/h1,3,11,13-14,16,22H,2,4-10,12H2/t13?,14-,16-/m0/s1. The van der Waals surface area contributed by atoms with Crippen LogP contribution in [0.4, 0.5) is 10.4 Å². The highest BCUT2D eigenvalue weighted by Crippen LogP contribution is 2.24. The summed E-state index contributed by atoms with van der Waals surface area (Å²) in [4.78, 5) is 27.5. The van der Waals surface area contributed by atoms with Crippen molar-refractivity contribution >= 4 is 23.0 Å². The van der Waals surface area contributed by atoms with Crippen molar-refractivity contribution in [1.29, 1.82) is 0 Å². The Balaban J connectivity index is 1.15. The predicted molar refractivity (Wildman–Crippen MR) is 102 cm³/mol. The van der Waals surface area contributed by atoms with Gasteiger partial charge in [-0.1, -0.05) is 0 Å². The van der Waals surface area contributed by atoms with Crippen LogP contribution in [0, 0.1) is 0 Å². The zero-order valence-corrected chi connectivity index (χ0v) is 15.8. The number of carbonyl (C=O) groups excluding carboxylic acids is 1. The van der Waals surface area contributed by atoms with Gasteiger partial charge in [0.1, 0.15) is 11.7 Å². The molecule has 0 radical (unpaired) electrons. The lowest BCUT2D eigenvalue weighted by Crippen LogP contribution is -2.51. The number of halogens is 1. The minimum Gasteiger partial charge on any atom is -0.422 e.